The molecule has 1 heterocycles. The molecule has 1 saturated carbocycles. The van der Waals surface area contributed by atoms with Gasteiger partial charge in [0, 0.05) is 18.0 Å². The zero-order chi connectivity index (χ0) is 14.5. The molecule has 2 unspecified atom stereocenters. The first kappa shape index (κ1) is 15.0. The Hall–Kier alpha value is -1.36. The van der Waals surface area contributed by atoms with Gasteiger partial charge in [-0.3, -0.25) is 0 Å². The molecule has 112 valence electrons. The Bertz CT molecular complexity index is 446. The Labute approximate surface area is 121 Å². The first-order chi connectivity index (χ1) is 9.67. The third-order valence-electron chi connectivity index (χ3n) is 4.35. The predicted octanol–water partition coefficient (Wildman–Crippen LogP) is 3.01. The highest BCUT2D eigenvalue weighted by Crippen LogP contribution is 2.29. The fourth-order valence-electron chi connectivity index (χ4n) is 2.99. The summed E-state index contributed by atoms with van der Waals surface area (Å²) < 4.78 is 0. The second-order valence-electron chi connectivity index (χ2n) is 5.74. The van der Waals surface area contributed by atoms with Crippen molar-refractivity contribution >= 4 is 11.6 Å². The first-order valence-corrected chi connectivity index (χ1v) is 7.78. The van der Waals surface area contributed by atoms with E-state index in [2.05, 4.69) is 34.6 Å². The molecule has 1 aromatic heterocycles. The van der Waals surface area contributed by atoms with E-state index in [1.165, 1.54) is 32.1 Å². The molecule has 0 amide bonds. The van der Waals surface area contributed by atoms with Crippen molar-refractivity contribution in [3.8, 4) is 0 Å². The molecule has 4 N–H and O–H groups in total. The SMILES string of the molecule is CCc1nc(NN)c(C)c(NC2CCCC(CC)C2)n1. The Balaban J connectivity index is 2.15. The Morgan fingerprint density at radius 2 is 1.95 bits per heavy atom. The van der Waals surface area contributed by atoms with Crippen LogP contribution in [0.15, 0.2) is 0 Å². The predicted molar refractivity (Wildman–Crippen MR) is 83.6 cm³/mol. The van der Waals surface area contributed by atoms with Crippen LogP contribution in [0.5, 0.6) is 0 Å². The molecular weight excluding hydrogens is 250 g/mol. The lowest BCUT2D eigenvalue weighted by Crippen LogP contribution is -2.28. The van der Waals surface area contributed by atoms with Crippen LogP contribution in [0, 0.1) is 12.8 Å². The summed E-state index contributed by atoms with van der Waals surface area (Å²) in [5, 5.41) is 3.62. The normalized spacial score (nSPS) is 22.6. The first-order valence-electron chi connectivity index (χ1n) is 7.78. The number of rotatable bonds is 5. The molecule has 1 fully saturated rings. The van der Waals surface area contributed by atoms with Gasteiger partial charge in [-0.25, -0.2) is 15.8 Å². The molecule has 0 bridgehead atoms. The number of hydrogen-bond acceptors (Lipinski definition) is 5. The second kappa shape index (κ2) is 6.88. The zero-order valence-corrected chi connectivity index (χ0v) is 12.9. The van der Waals surface area contributed by atoms with E-state index in [4.69, 9.17) is 5.84 Å². The van der Waals surface area contributed by atoms with Crippen LogP contribution in [-0.4, -0.2) is 16.0 Å². The summed E-state index contributed by atoms with van der Waals surface area (Å²) in [6.07, 6.45) is 7.23. The smallest absolute Gasteiger partial charge is 0.148 e. The van der Waals surface area contributed by atoms with E-state index in [9.17, 15) is 0 Å². The van der Waals surface area contributed by atoms with Gasteiger partial charge in [-0.15, -0.1) is 0 Å². The van der Waals surface area contributed by atoms with Crippen LogP contribution in [0.3, 0.4) is 0 Å². The van der Waals surface area contributed by atoms with Crippen molar-refractivity contribution in [2.45, 2.75) is 65.3 Å². The maximum Gasteiger partial charge on any atom is 0.148 e. The van der Waals surface area contributed by atoms with Crippen LogP contribution in [0.2, 0.25) is 0 Å². The van der Waals surface area contributed by atoms with Crippen LogP contribution >= 0.6 is 0 Å². The number of hydrazine groups is 1. The molecule has 5 nitrogen and oxygen atoms in total. The van der Waals surface area contributed by atoms with Gasteiger partial charge in [0.25, 0.3) is 0 Å². The molecule has 0 radical (unpaired) electrons. The second-order valence-corrected chi connectivity index (χ2v) is 5.74. The third kappa shape index (κ3) is 3.39. The number of anilines is 2. The van der Waals surface area contributed by atoms with Crippen molar-refractivity contribution < 1.29 is 0 Å². The quantitative estimate of drug-likeness (QED) is 0.570. The number of nitrogens with zero attached hydrogens (tertiary/aromatic N) is 2. The van der Waals surface area contributed by atoms with Gasteiger partial charge in [0.15, 0.2) is 0 Å². The van der Waals surface area contributed by atoms with Gasteiger partial charge in [-0.05, 0) is 25.7 Å². The van der Waals surface area contributed by atoms with Crippen molar-refractivity contribution in [2.75, 3.05) is 10.7 Å². The van der Waals surface area contributed by atoms with Crippen LogP contribution in [0.4, 0.5) is 11.6 Å². The van der Waals surface area contributed by atoms with Crippen molar-refractivity contribution in [1.82, 2.24) is 9.97 Å². The molecule has 1 aliphatic carbocycles. The summed E-state index contributed by atoms with van der Waals surface area (Å²) in [6.45, 7) is 6.36. The van der Waals surface area contributed by atoms with E-state index in [1.54, 1.807) is 0 Å². The van der Waals surface area contributed by atoms with Crippen molar-refractivity contribution in [2.24, 2.45) is 11.8 Å². The van der Waals surface area contributed by atoms with Gasteiger partial charge in [0.05, 0.1) is 0 Å². The highest BCUT2D eigenvalue weighted by atomic mass is 15.3. The van der Waals surface area contributed by atoms with E-state index in [-0.39, 0.29) is 0 Å². The number of nitrogens with one attached hydrogen (secondary N) is 2. The van der Waals surface area contributed by atoms with Crippen LogP contribution in [0.25, 0.3) is 0 Å². The minimum Gasteiger partial charge on any atom is -0.367 e. The number of nitrogens with two attached hydrogens (primary N) is 1. The van der Waals surface area contributed by atoms with E-state index in [0.29, 0.717) is 6.04 Å². The van der Waals surface area contributed by atoms with E-state index < -0.39 is 0 Å². The highest BCUT2D eigenvalue weighted by Gasteiger charge is 2.22. The van der Waals surface area contributed by atoms with Gasteiger partial charge >= 0.3 is 0 Å². The summed E-state index contributed by atoms with van der Waals surface area (Å²) in [7, 11) is 0. The number of nitrogen functional groups attached to an aromatic ring is 1. The summed E-state index contributed by atoms with van der Waals surface area (Å²) in [6, 6.07) is 0.526. The van der Waals surface area contributed by atoms with E-state index in [1.807, 2.05) is 6.92 Å². The monoisotopic (exact) mass is 277 g/mol. The molecule has 20 heavy (non-hydrogen) atoms. The molecule has 2 rings (SSSR count). The zero-order valence-electron chi connectivity index (χ0n) is 12.9. The molecule has 1 aromatic rings. The average Bonchev–Trinajstić information content (AvgIpc) is 2.49. The number of aromatic nitrogens is 2. The standard InChI is InChI=1S/C15H27N5/c1-4-11-7-6-8-12(9-11)17-14-10(3)15(20-16)19-13(5-2)18-14/h11-12H,4-9,16H2,1-3H3,(H2,17,18,19,20). The Morgan fingerprint density at radius 3 is 2.60 bits per heavy atom. The lowest BCUT2D eigenvalue weighted by atomic mass is 9.84. The average molecular weight is 277 g/mol. The fourth-order valence-corrected chi connectivity index (χ4v) is 2.99. The summed E-state index contributed by atoms with van der Waals surface area (Å²) in [5.74, 6) is 8.89. The van der Waals surface area contributed by atoms with Gasteiger partial charge in [-0.1, -0.05) is 33.1 Å². The highest BCUT2D eigenvalue weighted by molar-refractivity contribution is 5.57. The minimum atomic E-state index is 0.526. The van der Waals surface area contributed by atoms with E-state index >= 15 is 0 Å². The molecule has 0 aromatic carbocycles. The van der Waals surface area contributed by atoms with Gasteiger partial charge in [-0.2, -0.15) is 0 Å². The van der Waals surface area contributed by atoms with Crippen molar-refractivity contribution in [1.29, 1.82) is 0 Å². The number of aryl methyl sites for hydroxylation is 1. The molecule has 2 atom stereocenters. The fraction of sp³-hybridized carbons (Fsp3) is 0.733. The number of hydrogen-bond donors (Lipinski definition) is 3. The van der Waals surface area contributed by atoms with E-state index in [0.717, 1.165) is 35.4 Å². The summed E-state index contributed by atoms with van der Waals surface area (Å²) >= 11 is 0. The van der Waals surface area contributed by atoms with Crippen LogP contribution in [0.1, 0.15) is 57.3 Å². The minimum absolute atomic E-state index is 0.526. The van der Waals surface area contributed by atoms with Crippen molar-refractivity contribution in [3.05, 3.63) is 11.4 Å². The molecular formula is C15H27N5. The third-order valence-corrected chi connectivity index (χ3v) is 4.35. The largest absolute Gasteiger partial charge is 0.367 e. The lowest BCUT2D eigenvalue weighted by molar-refractivity contribution is 0.327. The van der Waals surface area contributed by atoms with Gasteiger partial charge < -0.3 is 10.7 Å². The Morgan fingerprint density at radius 1 is 1.20 bits per heavy atom. The van der Waals surface area contributed by atoms with Crippen LogP contribution < -0.4 is 16.6 Å². The van der Waals surface area contributed by atoms with Gasteiger partial charge in [0.1, 0.15) is 17.5 Å². The van der Waals surface area contributed by atoms with Crippen LogP contribution in [-0.2, 0) is 6.42 Å². The molecule has 0 aliphatic heterocycles. The topological polar surface area (TPSA) is 75.9 Å². The maximum atomic E-state index is 5.55. The summed E-state index contributed by atoms with van der Waals surface area (Å²) in [4.78, 5) is 9.03. The molecule has 5 heteroatoms. The van der Waals surface area contributed by atoms with Gasteiger partial charge in [0.2, 0.25) is 0 Å². The molecule has 0 saturated heterocycles. The molecule has 1 aliphatic rings. The lowest BCUT2D eigenvalue weighted by Gasteiger charge is -2.30. The maximum absolute atomic E-state index is 5.55. The molecule has 0 spiro atoms. The Kier molecular flexibility index (Phi) is 5.17. The van der Waals surface area contributed by atoms with Crippen molar-refractivity contribution in [3.63, 3.8) is 0 Å². The summed E-state index contributed by atoms with van der Waals surface area (Å²) in [5.41, 5.74) is 3.68.